The minimum absolute atomic E-state index is 0.00967. The Balaban J connectivity index is 3.01. The smallest absolute Gasteiger partial charge is 0.201 e. The van der Waals surface area contributed by atoms with Crippen LogP contribution in [-0.2, 0) is 6.42 Å². The molecule has 0 amide bonds. The third-order valence-corrected chi connectivity index (χ3v) is 2.20. The Morgan fingerprint density at radius 3 is 2.47 bits per heavy atom. The van der Waals surface area contributed by atoms with E-state index in [1.165, 1.54) is 14.2 Å². The van der Waals surface area contributed by atoms with Gasteiger partial charge in [-0.25, -0.2) is 0 Å². The standard InChI is InChI=1S/C11H16O4/c1-14-9-6-5-8(4-3-7-12)11(15-2)10(9)13/h5-6,12-13H,3-4,7H2,1-2H3. The van der Waals surface area contributed by atoms with Crippen LogP contribution in [0.5, 0.6) is 17.2 Å². The molecule has 2 N–H and O–H groups in total. The first kappa shape index (κ1) is 11.7. The molecule has 0 bridgehead atoms. The maximum Gasteiger partial charge on any atom is 0.201 e. The van der Waals surface area contributed by atoms with Gasteiger partial charge in [-0.05, 0) is 24.5 Å². The number of methoxy groups -OCH3 is 2. The maximum absolute atomic E-state index is 9.76. The lowest BCUT2D eigenvalue weighted by molar-refractivity contribution is 0.287. The zero-order valence-corrected chi connectivity index (χ0v) is 8.99. The van der Waals surface area contributed by atoms with Gasteiger partial charge < -0.3 is 19.7 Å². The minimum atomic E-state index is 0.00967. The van der Waals surface area contributed by atoms with Gasteiger partial charge in [0.05, 0.1) is 14.2 Å². The number of aromatic hydroxyl groups is 1. The zero-order chi connectivity index (χ0) is 11.3. The first-order valence-electron chi connectivity index (χ1n) is 4.78. The zero-order valence-electron chi connectivity index (χ0n) is 8.99. The summed E-state index contributed by atoms with van der Waals surface area (Å²) in [6.45, 7) is 0.121. The summed E-state index contributed by atoms with van der Waals surface area (Å²) in [4.78, 5) is 0. The molecule has 84 valence electrons. The summed E-state index contributed by atoms with van der Waals surface area (Å²) in [5, 5.41) is 18.5. The molecule has 0 saturated carbocycles. The normalized spacial score (nSPS) is 10.1. The highest BCUT2D eigenvalue weighted by Crippen LogP contribution is 2.38. The number of aliphatic hydroxyl groups excluding tert-OH is 1. The van der Waals surface area contributed by atoms with Gasteiger partial charge >= 0.3 is 0 Å². The molecule has 0 aliphatic rings. The molecule has 1 aromatic carbocycles. The van der Waals surface area contributed by atoms with Gasteiger partial charge in [0, 0.05) is 6.61 Å². The van der Waals surface area contributed by atoms with Gasteiger partial charge in [-0.1, -0.05) is 6.07 Å². The van der Waals surface area contributed by atoms with Crippen LogP contribution in [0.4, 0.5) is 0 Å². The minimum Gasteiger partial charge on any atom is -0.502 e. The van der Waals surface area contributed by atoms with Gasteiger partial charge in [-0.3, -0.25) is 0 Å². The van der Waals surface area contributed by atoms with Crippen molar-refractivity contribution in [3.05, 3.63) is 17.7 Å². The topological polar surface area (TPSA) is 58.9 Å². The Morgan fingerprint density at radius 1 is 1.20 bits per heavy atom. The Morgan fingerprint density at radius 2 is 1.93 bits per heavy atom. The number of hydrogen-bond acceptors (Lipinski definition) is 4. The van der Waals surface area contributed by atoms with E-state index in [-0.39, 0.29) is 12.4 Å². The fraction of sp³-hybridized carbons (Fsp3) is 0.455. The largest absolute Gasteiger partial charge is 0.502 e. The molecule has 0 aliphatic heterocycles. The van der Waals surface area contributed by atoms with E-state index >= 15 is 0 Å². The molecule has 15 heavy (non-hydrogen) atoms. The van der Waals surface area contributed by atoms with Crippen LogP contribution in [0.15, 0.2) is 12.1 Å². The Bertz CT molecular complexity index is 323. The van der Waals surface area contributed by atoms with Crippen LogP contribution in [0.1, 0.15) is 12.0 Å². The lowest BCUT2D eigenvalue weighted by Crippen LogP contribution is -1.96. The number of aryl methyl sites for hydroxylation is 1. The van der Waals surface area contributed by atoms with Crippen LogP contribution in [0, 0.1) is 0 Å². The van der Waals surface area contributed by atoms with E-state index in [9.17, 15) is 5.11 Å². The third kappa shape index (κ3) is 2.53. The second-order valence-corrected chi connectivity index (χ2v) is 3.14. The van der Waals surface area contributed by atoms with E-state index < -0.39 is 0 Å². The van der Waals surface area contributed by atoms with E-state index in [0.717, 1.165) is 5.56 Å². The Hall–Kier alpha value is -1.42. The molecule has 1 rings (SSSR count). The molecule has 1 aromatic rings. The molecule has 0 unspecified atom stereocenters. The number of phenolic OH excluding ortho intramolecular Hbond substituents is 1. The molecule has 0 saturated heterocycles. The predicted molar refractivity (Wildman–Crippen MR) is 56.6 cm³/mol. The average Bonchev–Trinajstić information content (AvgIpc) is 2.26. The van der Waals surface area contributed by atoms with E-state index in [0.29, 0.717) is 24.3 Å². The molecule has 0 spiro atoms. The summed E-state index contributed by atoms with van der Waals surface area (Å²) < 4.78 is 10.1. The molecule has 4 heteroatoms. The Kier molecular flexibility index (Phi) is 4.24. The van der Waals surface area contributed by atoms with Crippen LogP contribution >= 0.6 is 0 Å². The molecule has 0 atom stereocenters. The van der Waals surface area contributed by atoms with Crippen LogP contribution in [0.25, 0.3) is 0 Å². The van der Waals surface area contributed by atoms with Crippen molar-refractivity contribution in [2.75, 3.05) is 20.8 Å². The highest BCUT2D eigenvalue weighted by Gasteiger charge is 2.13. The average molecular weight is 212 g/mol. The van der Waals surface area contributed by atoms with Gasteiger partial charge in [-0.2, -0.15) is 0 Å². The van der Waals surface area contributed by atoms with Crippen LogP contribution in [0.2, 0.25) is 0 Å². The second kappa shape index (κ2) is 5.46. The van der Waals surface area contributed by atoms with Crippen molar-refractivity contribution in [1.82, 2.24) is 0 Å². The molecule has 0 heterocycles. The lowest BCUT2D eigenvalue weighted by Gasteiger charge is -2.12. The van der Waals surface area contributed by atoms with Crippen molar-refractivity contribution in [3.8, 4) is 17.2 Å². The Labute approximate surface area is 89.1 Å². The molecule has 0 aliphatic carbocycles. The van der Waals surface area contributed by atoms with Crippen molar-refractivity contribution in [1.29, 1.82) is 0 Å². The monoisotopic (exact) mass is 212 g/mol. The number of phenols is 1. The van der Waals surface area contributed by atoms with Gasteiger partial charge in [0.15, 0.2) is 11.5 Å². The summed E-state index contributed by atoms with van der Waals surface area (Å²) >= 11 is 0. The summed E-state index contributed by atoms with van der Waals surface area (Å²) in [6, 6.07) is 3.51. The SMILES string of the molecule is COc1ccc(CCCO)c(OC)c1O. The van der Waals surface area contributed by atoms with Crippen molar-refractivity contribution in [2.45, 2.75) is 12.8 Å². The van der Waals surface area contributed by atoms with Crippen LogP contribution in [0.3, 0.4) is 0 Å². The second-order valence-electron chi connectivity index (χ2n) is 3.14. The molecular weight excluding hydrogens is 196 g/mol. The first-order valence-corrected chi connectivity index (χ1v) is 4.78. The highest BCUT2D eigenvalue weighted by atomic mass is 16.5. The molecule has 0 aromatic heterocycles. The highest BCUT2D eigenvalue weighted by molar-refractivity contribution is 5.54. The summed E-state index contributed by atoms with van der Waals surface area (Å²) in [7, 11) is 2.98. The number of ether oxygens (including phenoxy) is 2. The van der Waals surface area contributed by atoms with Crippen molar-refractivity contribution < 1.29 is 19.7 Å². The molecule has 0 radical (unpaired) electrons. The quantitative estimate of drug-likeness (QED) is 0.773. The number of aliphatic hydroxyl groups is 1. The molecule has 0 fully saturated rings. The van der Waals surface area contributed by atoms with Gasteiger partial charge in [0.2, 0.25) is 5.75 Å². The maximum atomic E-state index is 9.76. The number of hydrogen-bond donors (Lipinski definition) is 2. The summed E-state index contributed by atoms with van der Waals surface area (Å²) in [6.07, 6.45) is 1.30. The first-order chi connectivity index (χ1) is 7.24. The van der Waals surface area contributed by atoms with E-state index in [2.05, 4.69) is 0 Å². The van der Waals surface area contributed by atoms with Gasteiger partial charge in [-0.15, -0.1) is 0 Å². The van der Waals surface area contributed by atoms with Crippen molar-refractivity contribution in [2.24, 2.45) is 0 Å². The van der Waals surface area contributed by atoms with E-state index in [1.54, 1.807) is 6.07 Å². The van der Waals surface area contributed by atoms with Crippen molar-refractivity contribution >= 4 is 0 Å². The lowest BCUT2D eigenvalue weighted by atomic mass is 10.1. The van der Waals surface area contributed by atoms with Crippen molar-refractivity contribution in [3.63, 3.8) is 0 Å². The van der Waals surface area contributed by atoms with Crippen LogP contribution < -0.4 is 9.47 Å². The van der Waals surface area contributed by atoms with Gasteiger partial charge in [0.25, 0.3) is 0 Å². The van der Waals surface area contributed by atoms with E-state index in [4.69, 9.17) is 14.6 Å². The molecular formula is C11H16O4. The fourth-order valence-corrected chi connectivity index (χ4v) is 1.45. The van der Waals surface area contributed by atoms with Crippen LogP contribution in [-0.4, -0.2) is 31.0 Å². The third-order valence-electron chi connectivity index (χ3n) is 2.20. The summed E-state index contributed by atoms with van der Waals surface area (Å²) in [5.74, 6) is 0.817. The summed E-state index contributed by atoms with van der Waals surface area (Å²) in [5.41, 5.74) is 0.866. The van der Waals surface area contributed by atoms with E-state index in [1.807, 2.05) is 6.07 Å². The fourth-order valence-electron chi connectivity index (χ4n) is 1.45. The van der Waals surface area contributed by atoms with Gasteiger partial charge in [0.1, 0.15) is 0 Å². The predicted octanol–water partition coefficient (Wildman–Crippen LogP) is 1.33. The number of benzene rings is 1. The molecule has 4 nitrogen and oxygen atoms in total. The number of rotatable bonds is 5.